The zero-order chi connectivity index (χ0) is 38.1. The lowest BCUT2D eigenvalue weighted by atomic mass is 9.31. The number of carboxylic acids is 1. The smallest absolute Gasteiger partial charge is 0.307 e. The molecular weight excluding hydrogens is 648 g/mol. The van der Waals surface area contributed by atoms with Gasteiger partial charge in [-0.25, -0.2) is 0 Å². The van der Waals surface area contributed by atoms with E-state index < -0.39 is 28.4 Å². The van der Waals surface area contributed by atoms with Gasteiger partial charge in [0.25, 0.3) is 0 Å². The zero-order valence-electron chi connectivity index (χ0n) is 33.9. The molecule has 1 N–H and O–H groups in total. The van der Waals surface area contributed by atoms with E-state index in [9.17, 15) is 19.5 Å². The number of aliphatic carboxylic acids is 1. The third-order valence-electron chi connectivity index (χ3n) is 17.1. The van der Waals surface area contributed by atoms with Crippen molar-refractivity contribution in [3.8, 4) is 0 Å². The highest BCUT2D eigenvalue weighted by atomic mass is 16.6. The van der Waals surface area contributed by atoms with Crippen molar-refractivity contribution in [1.82, 2.24) is 0 Å². The SMILES string of the molecule is C=C(C)[C@@H]1CC[C@]2(C)CC[C@]3(C)[C@H](CCC4[C@@]5(C)CC[C@](CC(=O)O)(OC(=O)CC(C)(C)CC(=O)OCc6ccccc6)C(C)(C)[C@@H]5CC[C@]43C)[C@@H]12. The molecule has 0 saturated heterocycles. The van der Waals surface area contributed by atoms with Crippen molar-refractivity contribution < 1.29 is 29.0 Å². The highest BCUT2D eigenvalue weighted by Crippen LogP contribution is 2.78. The quantitative estimate of drug-likeness (QED) is 0.191. The molecule has 6 nitrogen and oxygen atoms in total. The molecule has 0 heterocycles. The fourth-order valence-electron chi connectivity index (χ4n) is 14.2. The maximum atomic E-state index is 13.9. The normalized spacial score (nSPS) is 40.7. The summed E-state index contributed by atoms with van der Waals surface area (Å²) >= 11 is 0. The predicted molar refractivity (Wildman–Crippen MR) is 205 cm³/mol. The van der Waals surface area contributed by atoms with E-state index in [4.69, 9.17) is 9.47 Å². The first-order chi connectivity index (χ1) is 24.1. The van der Waals surface area contributed by atoms with E-state index in [1.54, 1.807) is 0 Å². The van der Waals surface area contributed by atoms with Gasteiger partial charge in [-0.1, -0.05) is 97.9 Å². The summed E-state index contributed by atoms with van der Waals surface area (Å²) in [6.45, 7) is 25.5. The maximum Gasteiger partial charge on any atom is 0.307 e. The Morgan fingerprint density at radius 1 is 0.808 bits per heavy atom. The Kier molecular flexibility index (Phi) is 9.99. The van der Waals surface area contributed by atoms with E-state index in [1.807, 2.05) is 44.2 Å². The van der Waals surface area contributed by atoms with Gasteiger partial charge in [0, 0.05) is 5.41 Å². The zero-order valence-corrected chi connectivity index (χ0v) is 33.9. The van der Waals surface area contributed by atoms with Crippen molar-refractivity contribution in [2.45, 2.75) is 158 Å². The molecule has 288 valence electrons. The monoisotopic (exact) mass is 717 g/mol. The molecule has 10 atom stereocenters. The molecule has 5 aliphatic rings. The van der Waals surface area contributed by atoms with Crippen molar-refractivity contribution in [3.05, 3.63) is 48.0 Å². The number of hydrogen-bond acceptors (Lipinski definition) is 5. The number of fused-ring (bicyclic) bond motifs is 7. The number of carboxylic acid groups (broad SMARTS) is 1. The molecule has 5 fully saturated rings. The number of esters is 2. The molecular formula is C46H68O6. The Hall–Kier alpha value is -2.63. The largest absolute Gasteiger partial charge is 0.481 e. The van der Waals surface area contributed by atoms with Gasteiger partial charge in [0.05, 0.1) is 19.3 Å². The molecule has 5 saturated carbocycles. The summed E-state index contributed by atoms with van der Waals surface area (Å²) in [5.74, 6) is 1.09. The molecule has 0 amide bonds. The van der Waals surface area contributed by atoms with Crippen LogP contribution in [0.2, 0.25) is 0 Å². The van der Waals surface area contributed by atoms with Crippen molar-refractivity contribution in [2.24, 2.45) is 62.1 Å². The Labute approximate surface area is 314 Å². The minimum Gasteiger partial charge on any atom is -0.481 e. The first-order valence-corrected chi connectivity index (χ1v) is 20.4. The Morgan fingerprint density at radius 3 is 2.13 bits per heavy atom. The second-order valence-electron chi connectivity index (χ2n) is 20.8. The lowest BCUT2D eigenvalue weighted by molar-refractivity contribution is -0.269. The third-order valence-corrected chi connectivity index (χ3v) is 17.1. The number of benzene rings is 1. The summed E-state index contributed by atoms with van der Waals surface area (Å²) in [6.07, 6.45) is 11.1. The van der Waals surface area contributed by atoms with Gasteiger partial charge in [0.2, 0.25) is 0 Å². The molecule has 0 aliphatic heterocycles. The summed E-state index contributed by atoms with van der Waals surface area (Å²) in [7, 11) is 0. The van der Waals surface area contributed by atoms with Crippen LogP contribution in [0.4, 0.5) is 0 Å². The lowest BCUT2D eigenvalue weighted by Crippen LogP contribution is -2.69. The number of rotatable bonds is 10. The second-order valence-corrected chi connectivity index (χ2v) is 20.8. The van der Waals surface area contributed by atoms with Crippen LogP contribution in [0, 0.1) is 62.1 Å². The summed E-state index contributed by atoms with van der Waals surface area (Å²) in [5, 5.41) is 10.3. The Morgan fingerprint density at radius 2 is 1.48 bits per heavy atom. The van der Waals surface area contributed by atoms with E-state index in [1.165, 1.54) is 44.1 Å². The van der Waals surface area contributed by atoms with Gasteiger partial charge in [-0.2, -0.15) is 0 Å². The Bertz CT molecular complexity index is 1560. The van der Waals surface area contributed by atoms with Crippen molar-refractivity contribution in [3.63, 3.8) is 0 Å². The number of carbonyl (C=O) groups is 3. The minimum atomic E-state index is -1.12. The van der Waals surface area contributed by atoms with Crippen molar-refractivity contribution in [2.75, 3.05) is 0 Å². The molecule has 0 aromatic heterocycles. The van der Waals surface area contributed by atoms with Gasteiger partial charge in [0.1, 0.15) is 12.2 Å². The van der Waals surface area contributed by atoms with Crippen LogP contribution in [0.25, 0.3) is 0 Å². The predicted octanol–water partition coefficient (Wildman–Crippen LogP) is 11.0. The van der Waals surface area contributed by atoms with Crippen LogP contribution in [-0.4, -0.2) is 28.6 Å². The van der Waals surface area contributed by atoms with E-state index >= 15 is 0 Å². The van der Waals surface area contributed by atoms with Gasteiger partial charge in [0.15, 0.2) is 0 Å². The topological polar surface area (TPSA) is 89.9 Å². The standard InChI is InChI=1S/C46H68O6/c1-30(2)32-18-20-42(7)22-24-44(9)33(39(32)42)16-17-35-43(8)23-25-46(26-36(47)48,41(5,6)34(43)19-21-45(35,44)10)52-38(50)28-40(3,4)27-37(49)51-29-31-14-12-11-13-15-31/h11-15,32-35,39H,1,16-29H2,2-10H3,(H,47,48)/t32-,33+,34-,35?,39+,42+,43-,44+,45+,46+/m0/s1. The van der Waals surface area contributed by atoms with Crippen LogP contribution in [0.3, 0.4) is 0 Å². The van der Waals surface area contributed by atoms with E-state index in [2.05, 4.69) is 55.0 Å². The van der Waals surface area contributed by atoms with E-state index in [0.29, 0.717) is 35.5 Å². The van der Waals surface area contributed by atoms with Crippen LogP contribution in [0.1, 0.15) is 151 Å². The third kappa shape index (κ3) is 6.28. The number of carbonyl (C=O) groups excluding carboxylic acids is 2. The Balaban J connectivity index is 1.21. The van der Waals surface area contributed by atoms with Crippen LogP contribution in [0.5, 0.6) is 0 Å². The molecule has 1 unspecified atom stereocenters. The average Bonchev–Trinajstić information content (AvgIpc) is 3.40. The molecule has 0 bridgehead atoms. The lowest BCUT2D eigenvalue weighted by Gasteiger charge is -2.73. The fourth-order valence-corrected chi connectivity index (χ4v) is 14.2. The number of hydrogen-bond donors (Lipinski definition) is 1. The summed E-state index contributed by atoms with van der Waals surface area (Å²) in [6, 6.07) is 9.55. The van der Waals surface area contributed by atoms with E-state index in [-0.39, 0.29) is 54.0 Å². The summed E-state index contributed by atoms with van der Waals surface area (Å²) < 4.78 is 12.1. The summed E-state index contributed by atoms with van der Waals surface area (Å²) in [4.78, 5) is 39.3. The molecule has 1 aromatic carbocycles. The van der Waals surface area contributed by atoms with E-state index in [0.717, 1.165) is 24.8 Å². The molecule has 0 radical (unpaired) electrons. The fraction of sp³-hybridized carbons (Fsp3) is 0.761. The van der Waals surface area contributed by atoms with Gasteiger partial charge in [-0.3, -0.25) is 14.4 Å². The highest BCUT2D eigenvalue weighted by Gasteiger charge is 2.72. The van der Waals surface area contributed by atoms with Gasteiger partial charge < -0.3 is 14.6 Å². The molecule has 6 heteroatoms. The second kappa shape index (κ2) is 13.3. The van der Waals surface area contributed by atoms with Gasteiger partial charge in [-0.15, -0.1) is 0 Å². The molecule has 6 rings (SSSR count). The molecule has 0 spiro atoms. The van der Waals surface area contributed by atoms with Gasteiger partial charge in [-0.05, 0) is 133 Å². The average molecular weight is 717 g/mol. The molecule has 52 heavy (non-hydrogen) atoms. The minimum absolute atomic E-state index is 0.0124. The molecule has 1 aromatic rings. The maximum absolute atomic E-state index is 13.9. The van der Waals surface area contributed by atoms with Crippen LogP contribution < -0.4 is 0 Å². The molecule has 5 aliphatic carbocycles. The van der Waals surface area contributed by atoms with Crippen molar-refractivity contribution >= 4 is 17.9 Å². The number of ether oxygens (including phenoxy) is 2. The number of allylic oxidation sites excluding steroid dienone is 1. The summed E-state index contributed by atoms with van der Waals surface area (Å²) in [5.41, 5.74) is 0.806. The van der Waals surface area contributed by atoms with Crippen LogP contribution in [-0.2, 0) is 30.5 Å². The van der Waals surface area contributed by atoms with Gasteiger partial charge >= 0.3 is 17.9 Å². The first kappa shape index (κ1) is 39.1. The highest BCUT2D eigenvalue weighted by molar-refractivity contribution is 5.75. The first-order valence-electron chi connectivity index (χ1n) is 20.4. The van der Waals surface area contributed by atoms with Crippen LogP contribution >= 0.6 is 0 Å². The van der Waals surface area contributed by atoms with Crippen LogP contribution in [0.15, 0.2) is 42.5 Å². The van der Waals surface area contributed by atoms with Crippen molar-refractivity contribution in [1.29, 1.82) is 0 Å².